The lowest BCUT2D eigenvalue weighted by Gasteiger charge is -2.22. The first-order chi connectivity index (χ1) is 14.4. The third kappa shape index (κ3) is 8.21. The average molecular weight is 434 g/mol. The largest absolute Gasteiger partial charge is 0.458 e. The Morgan fingerprint density at radius 1 is 0.871 bits per heavy atom. The molecule has 1 aromatic carbocycles. The Balaban J connectivity index is 3.24. The predicted octanol–water partition coefficient (Wildman–Crippen LogP) is 2.51. The highest BCUT2D eigenvalue weighted by Gasteiger charge is 2.24. The summed E-state index contributed by atoms with van der Waals surface area (Å²) in [7, 11) is 0. The molecule has 0 heterocycles. The van der Waals surface area contributed by atoms with Crippen LogP contribution in [0, 0.1) is 6.92 Å². The Morgan fingerprint density at radius 3 is 1.77 bits per heavy atom. The van der Waals surface area contributed by atoms with E-state index in [0.29, 0.717) is 16.7 Å². The minimum absolute atomic E-state index is 0.164. The molecule has 1 rings (SSSR count). The molecule has 0 saturated heterocycles. The van der Waals surface area contributed by atoms with Crippen molar-refractivity contribution in [1.82, 2.24) is 0 Å². The summed E-state index contributed by atoms with van der Waals surface area (Å²) >= 11 is 0. The molecule has 0 aliphatic carbocycles. The number of primary amides is 2. The van der Waals surface area contributed by atoms with E-state index in [1.165, 1.54) is 13.8 Å². The van der Waals surface area contributed by atoms with E-state index in [1.54, 1.807) is 25.1 Å². The van der Waals surface area contributed by atoms with Gasteiger partial charge in [-0.05, 0) is 43.5 Å². The molecule has 0 radical (unpaired) electrons. The number of aryl methyl sites for hydroxylation is 1. The Labute approximate surface area is 179 Å². The maximum Gasteiger partial charge on any atom is 0.405 e. The van der Waals surface area contributed by atoms with Crippen LogP contribution in [-0.4, -0.2) is 37.3 Å². The van der Waals surface area contributed by atoms with Crippen molar-refractivity contribution in [2.45, 2.75) is 33.0 Å². The minimum atomic E-state index is -1.08. The number of carbonyl (C=O) groups excluding carboxylic acids is 4. The third-order valence-electron chi connectivity index (χ3n) is 3.97. The number of carbonyl (C=O) groups is 4. The van der Waals surface area contributed by atoms with Crippen molar-refractivity contribution in [3.8, 4) is 0 Å². The van der Waals surface area contributed by atoms with Crippen molar-refractivity contribution in [2.24, 2.45) is 11.5 Å². The molecule has 0 aliphatic rings. The number of amides is 2. The summed E-state index contributed by atoms with van der Waals surface area (Å²) in [6, 6.07) is 4.81. The van der Waals surface area contributed by atoms with Gasteiger partial charge in [0.1, 0.15) is 13.2 Å². The zero-order valence-electron chi connectivity index (χ0n) is 17.6. The van der Waals surface area contributed by atoms with E-state index in [0.717, 1.165) is 0 Å². The highest BCUT2D eigenvalue weighted by molar-refractivity contribution is 5.87. The molecule has 10 heteroatoms. The van der Waals surface area contributed by atoms with Gasteiger partial charge in [0.25, 0.3) is 0 Å². The van der Waals surface area contributed by atoms with Gasteiger partial charge in [-0.2, -0.15) is 0 Å². The van der Waals surface area contributed by atoms with Gasteiger partial charge >= 0.3 is 24.1 Å². The molecule has 0 fully saturated rings. The van der Waals surface area contributed by atoms with Crippen LogP contribution in [-0.2, 0) is 28.5 Å². The SMILES string of the molecule is C=C(C)C(=O)OCC(OC(N)=O)c1ccc(C)c(C(COC(=O)C(=C)C)OC(N)=O)c1. The lowest BCUT2D eigenvalue weighted by molar-refractivity contribution is -0.142. The van der Waals surface area contributed by atoms with Gasteiger partial charge in [-0.15, -0.1) is 0 Å². The topological polar surface area (TPSA) is 157 Å². The molecule has 31 heavy (non-hydrogen) atoms. The number of hydrogen-bond donors (Lipinski definition) is 2. The highest BCUT2D eigenvalue weighted by Crippen LogP contribution is 2.28. The first-order valence-corrected chi connectivity index (χ1v) is 9.10. The van der Waals surface area contributed by atoms with Gasteiger partial charge in [-0.1, -0.05) is 25.3 Å². The van der Waals surface area contributed by atoms with Crippen LogP contribution < -0.4 is 11.5 Å². The molecular weight excluding hydrogens is 408 g/mol. The molecule has 4 N–H and O–H groups in total. The van der Waals surface area contributed by atoms with Gasteiger partial charge in [0.15, 0.2) is 12.2 Å². The summed E-state index contributed by atoms with van der Waals surface area (Å²) in [5, 5.41) is 0. The number of esters is 2. The average Bonchev–Trinajstić information content (AvgIpc) is 2.67. The quantitative estimate of drug-likeness (QED) is 0.323. The second-order valence-electron chi connectivity index (χ2n) is 6.72. The van der Waals surface area contributed by atoms with E-state index in [4.69, 9.17) is 30.4 Å². The molecule has 0 spiro atoms. The zero-order chi connectivity index (χ0) is 23.7. The van der Waals surface area contributed by atoms with Crippen LogP contribution in [0.2, 0.25) is 0 Å². The van der Waals surface area contributed by atoms with Gasteiger partial charge in [0, 0.05) is 11.1 Å². The Morgan fingerprint density at radius 2 is 1.32 bits per heavy atom. The number of ether oxygens (including phenoxy) is 4. The normalized spacial score (nSPS) is 12.1. The van der Waals surface area contributed by atoms with Crippen LogP contribution in [0.15, 0.2) is 42.5 Å². The maximum atomic E-state index is 11.7. The molecule has 2 unspecified atom stereocenters. The summed E-state index contributed by atoms with van der Waals surface area (Å²) in [6.07, 6.45) is -4.26. The van der Waals surface area contributed by atoms with Crippen molar-refractivity contribution in [3.05, 3.63) is 59.2 Å². The fourth-order valence-electron chi connectivity index (χ4n) is 2.42. The van der Waals surface area contributed by atoms with Crippen LogP contribution in [0.1, 0.15) is 42.7 Å². The number of benzene rings is 1. The molecule has 1 aromatic rings. The van der Waals surface area contributed by atoms with Crippen LogP contribution in [0.3, 0.4) is 0 Å². The molecule has 10 nitrogen and oxygen atoms in total. The molecule has 0 aliphatic heterocycles. The number of nitrogens with two attached hydrogens (primary N) is 2. The smallest absolute Gasteiger partial charge is 0.405 e. The van der Waals surface area contributed by atoms with Gasteiger partial charge in [0.2, 0.25) is 0 Å². The molecule has 0 aromatic heterocycles. The van der Waals surface area contributed by atoms with Crippen molar-refractivity contribution in [2.75, 3.05) is 13.2 Å². The second-order valence-corrected chi connectivity index (χ2v) is 6.72. The molecule has 0 saturated carbocycles. The first kappa shape index (κ1) is 25.2. The summed E-state index contributed by atoms with van der Waals surface area (Å²) in [5.74, 6) is -1.35. The van der Waals surface area contributed by atoms with E-state index in [2.05, 4.69) is 13.2 Å². The van der Waals surface area contributed by atoms with Crippen LogP contribution >= 0.6 is 0 Å². The van der Waals surface area contributed by atoms with E-state index in [1.807, 2.05) is 0 Å². The molecule has 2 amide bonds. The highest BCUT2D eigenvalue weighted by atomic mass is 16.6. The summed E-state index contributed by atoms with van der Waals surface area (Å²) < 4.78 is 20.3. The lowest BCUT2D eigenvalue weighted by Crippen LogP contribution is -2.24. The molecule has 0 bridgehead atoms. The first-order valence-electron chi connectivity index (χ1n) is 9.10. The number of hydrogen-bond acceptors (Lipinski definition) is 8. The van der Waals surface area contributed by atoms with Crippen molar-refractivity contribution < 1.29 is 38.1 Å². The standard InChI is InChI=1S/C21H26N2O8/c1-11(2)18(24)28-9-16(30-20(22)26)14-7-6-13(5)15(8-14)17(31-21(23)27)10-29-19(25)12(3)4/h6-8,16-17H,1,3,9-10H2,2,4-5H3,(H2,22,26)(H2,23,27). The van der Waals surface area contributed by atoms with Crippen LogP contribution in [0.4, 0.5) is 9.59 Å². The predicted molar refractivity (Wildman–Crippen MR) is 110 cm³/mol. The molecule has 168 valence electrons. The van der Waals surface area contributed by atoms with E-state index < -0.39 is 36.3 Å². The van der Waals surface area contributed by atoms with E-state index in [9.17, 15) is 19.2 Å². The Kier molecular flexibility index (Phi) is 9.26. The second kappa shape index (κ2) is 11.4. The van der Waals surface area contributed by atoms with Gasteiger partial charge in [0.05, 0.1) is 0 Å². The van der Waals surface area contributed by atoms with E-state index >= 15 is 0 Å². The summed E-state index contributed by atoms with van der Waals surface area (Å²) in [6.45, 7) is 11.0. The monoisotopic (exact) mass is 434 g/mol. The molecule has 2 atom stereocenters. The Bertz CT molecular complexity index is 893. The lowest BCUT2D eigenvalue weighted by atomic mass is 9.98. The maximum absolute atomic E-state index is 11.7. The summed E-state index contributed by atoms with van der Waals surface area (Å²) in [5.41, 5.74) is 12.1. The van der Waals surface area contributed by atoms with Crippen LogP contribution in [0.25, 0.3) is 0 Å². The molecular formula is C21H26N2O8. The van der Waals surface area contributed by atoms with E-state index in [-0.39, 0.29) is 24.4 Å². The minimum Gasteiger partial charge on any atom is -0.458 e. The van der Waals surface area contributed by atoms with Crippen molar-refractivity contribution in [1.29, 1.82) is 0 Å². The van der Waals surface area contributed by atoms with Gasteiger partial charge < -0.3 is 30.4 Å². The van der Waals surface area contributed by atoms with Crippen molar-refractivity contribution in [3.63, 3.8) is 0 Å². The summed E-state index contributed by atoms with van der Waals surface area (Å²) in [4.78, 5) is 46.1. The third-order valence-corrected chi connectivity index (χ3v) is 3.97. The zero-order valence-corrected chi connectivity index (χ0v) is 17.6. The van der Waals surface area contributed by atoms with Gasteiger partial charge in [-0.3, -0.25) is 0 Å². The number of rotatable bonds is 10. The fraction of sp³-hybridized carbons (Fsp3) is 0.333. The van der Waals surface area contributed by atoms with Crippen LogP contribution in [0.5, 0.6) is 0 Å². The Hall–Kier alpha value is -3.82. The van der Waals surface area contributed by atoms with Gasteiger partial charge in [-0.25, -0.2) is 19.2 Å². The fourth-order valence-corrected chi connectivity index (χ4v) is 2.42. The van der Waals surface area contributed by atoms with Crippen molar-refractivity contribution >= 4 is 24.1 Å².